The highest BCUT2D eigenvalue weighted by molar-refractivity contribution is 4.77. The molecule has 66 valence electrons. The molecule has 1 fully saturated rings. The summed E-state index contributed by atoms with van der Waals surface area (Å²) in [5.41, 5.74) is 0. The Morgan fingerprint density at radius 3 is 2.45 bits per heavy atom. The Morgan fingerprint density at radius 2 is 2.18 bits per heavy atom. The second-order valence-corrected chi connectivity index (χ2v) is 2.27. The first kappa shape index (κ1) is 8.76. The van der Waals surface area contributed by atoms with Crippen LogP contribution in [-0.2, 0) is 4.74 Å². The number of alkyl halides is 3. The van der Waals surface area contributed by atoms with E-state index in [9.17, 15) is 13.2 Å². The molecule has 0 aromatic heterocycles. The van der Waals surface area contributed by atoms with E-state index in [-0.39, 0.29) is 13.2 Å². The van der Waals surface area contributed by atoms with Gasteiger partial charge in [0.25, 0.3) is 0 Å². The highest BCUT2D eigenvalue weighted by Crippen LogP contribution is 2.24. The maximum Gasteiger partial charge on any atom is 0.428 e. The Morgan fingerprint density at radius 1 is 1.55 bits per heavy atom. The molecule has 1 aliphatic rings. The van der Waals surface area contributed by atoms with Gasteiger partial charge in [0.05, 0.1) is 12.7 Å². The van der Waals surface area contributed by atoms with Gasteiger partial charge in [-0.3, -0.25) is 5.32 Å². The molecule has 0 bridgehead atoms. The Bertz CT molecular complexity index is 138. The van der Waals surface area contributed by atoms with E-state index < -0.39 is 18.5 Å². The van der Waals surface area contributed by atoms with E-state index in [0.717, 1.165) is 0 Å². The molecular formula is C5H8F3NO2. The van der Waals surface area contributed by atoms with Crippen molar-refractivity contribution in [2.75, 3.05) is 13.2 Å². The molecule has 0 aliphatic carbocycles. The van der Waals surface area contributed by atoms with Gasteiger partial charge in [-0.05, 0) is 0 Å². The van der Waals surface area contributed by atoms with Crippen molar-refractivity contribution in [2.24, 2.45) is 0 Å². The highest BCUT2D eigenvalue weighted by atomic mass is 19.4. The van der Waals surface area contributed by atoms with Gasteiger partial charge in [0, 0.05) is 6.54 Å². The molecule has 2 atom stereocenters. The van der Waals surface area contributed by atoms with Crippen molar-refractivity contribution in [2.45, 2.75) is 18.5 Å². The van der Waals surface area contributed by atoms with E-state index in [1.807, 2.05) is 0 Å². The molecule has 0 unspecified atom stereocenters. The molecule has 0 radical (unpaired) electrons. The van der Waals surface area contributed by atoms with Crippen molar-refractivity contribution in [1.29, 1.82) is 0 Å². The molecule has 3 nitrogen and oxygen atoms in total. The zero-order chi connectivity index (χ0) is 8.48. The van der Waals surface area contributed by atoms with Gasteiger partial charge in [0.1, 0.15) is 0 Å². The fraction of sp³-hybridized carbons (Fsp3) is 1.00. The summed E-state index contributed by atoms with van der Waals surface area (Å²) in [6, 6.07) is 0. The van der Waals surface area contributed by atoms with Gasteiger partial charge in [-0.25, -0.2) is 0 Å². The molecule has 0 saturated carbocycles. The van der Waals surface area contributed by atoms with E-state index >= 15 is 0 Å². The average molecular weight is 171 g/mol. The van der Waals surface area contributed by atoms with Crippen LogP contribution in [0.15, 0.2) is 0 Å². The third-order valence-electron chi connectivity index (χ3n) is 1.36. The van der Waals surface area contributed by atoms with Gasteiger partial charge in [-0.2, -0.15) is 13.2 Å². The molecule has 1 heterocycles. The van der Waals surface area contributed by atoms with Crippen LogP contribution in [0.1, 0.15) is 0 Å². The van der Waals surface area contributed by atoms with Gasteiger partial charge in [0.15, 0.2) is 0 Å². The summed E-state index contributed by atoms with van der Waals surface area (Å²) >= 11 is 0. The Balaban J connectivity index is 2.42. The van der Waals surface area contributed by atoms with Crippen LogP contribution in [0.4, 0.5) is 13.2 Å². The third-order valence-corrected chi connectivity index (χ3v) is 1.36. The first-order valence-electron chi connectivity index (χ1n) is 3.10. The summed E-state index contributed by atoms with van der Waals surface area (Å²) in [5.74, 6) is 0. The quantitative estimate of drug-likeness (QED) is 0.576. The van der Waals surface area contributed by atoms with Crippen LogP contribution < -0.4 is 5.32 Å². The van der Waals surface area contributed by atoms with Crippen molar-refractivity contribution >= 4 is 0 Å². The van der Waals surface area contributed by atoms with E-state index in [1.165, 1.54) is 0 Å². The summed E-state index contributed by atoms with van der Waals surface area (Å²) in [6.07, 6.45) is -7.04. The zero-order valence-electron chi connectivity index (χ0n) is 5.56. The van der Waals surface area contributed by atoms with E-state index in [4.69, 9.17) is 5.11 Å². The van der Waals surface area contributed by atoms with Crippen molar-refractivity contribution < 1.29 is 23.0 Å². The average Bonchev–Trinajstić information content (AvgIpc) is 2.32. The van der Waals surface area contributed by atoms with E-state index in [2.05, 4.69) is 10.1 Å². The predicted octanol–water partition coefficient (Wildman–Crippen LogP) is -0.145. The van der Waals surface area contributed by atoms with Crippen molar-refractivity contribution in [3.63, 3.8) is 0 Å². The van der Waals surface area contributed by atoms with Gasteiger partial charge >= 0.3 is 6.18 Å². The number of aliphatic hydroxyl groups excluding tert-OH is 1. The van der Waals surface area contributed by atoms with Gasteiger partial charge < -0.3 is 9.84 Å². The molecule has 0 spiro atoms. The maximum absolute atomic E-state index is 11.8. The minimum absolute atomic E-state index is 0.0423. The number of halogens is 3. The maximum atomic E-state index is 11.8. The molecule has 1 aliphatic heterocycles. The predicted molar refractivity (Wildman–Crippen MR) is 29.8 cm³/mol. The van der Waals surface area contributed by atoms with Crippen LogP contribution in [-0.4, -0.2) is 36.8 Å². The number of ether oxygens (including phenoxy) is 1. The van der Waals surface area contributed by atoms with Crippen molar-refractivity contribution in [3.05, 3.63) is 0 Å². The molecule has 0 amide bonds. The molecule has 0 aromatic carbocycles. The van der Waals surface area contributed by atoms with Gasteiger partial charge in [0.2, 0.25) is 6.23 Å². The largest absolute Gasteiger partial charge is 0.428 e. The summed E-state index contributed by atoms with van der Waals surface area (Å²) in [6.45, 7) is -0.347. The summed E-state index contributed by atoms with van der Waals surface area (Å²) < 4.78 is 39.8. The Labute approximate surface area is 61.1 Å². The highest BCUT2D eigenvalue weighted by Gasteiger charge is 2.45. The standard InChI is InChI=1S/C5H8F3NO2/c6-5(7,8)4-9-1-3(2-10)11-4/h3-4,9-10H,1-2H2/t3-,4-/m0/s1. The van der Waals surface area contributed by atoms with Crippen LogP contribution in [0.2, 0.25) is 0 Å². The summed E-state index contributed by atoms with van der Waals surface area (Å²) in [4.78, 5) is 0. The number of nitrogens with one attached hydrogen (secondary N) is 1. The third kappa shape index (κ3) is 2.05. The molecule has 0 aromatic rings. The Hall–Kier alpha value is -0.330. The molecule has 6 heteroatoms. The Kier molecular flexibility index (Phi) is 2.36. The SMILES string of the molecule is OC[C@@H]1CN[C@H](C(F)(F)F)O1. The number of hydrogen-bond acceptors (Lipinski definition) is 3. The lowest BCUT2D eigenvalue weighted by atomic mass is 10.4. The number of rotatable bonds is 1. The lowest BCUT2D eigenvalue weighted by Crippen LogP contribution is -2.38. The topological polar surface area (TPSA) is 41.5 Å². The van der Waals surface area contributed by atoms with Crippen LogP contribution in [0.25, 0.3) is 0 Å². The fourth-order valence-electron chi connectivity index (χ4n) is 0.828. The van der Waals surface area contributed by atoms with Crippen LogP contribution >= 0.6 is 0 Å². The van der Waals surface area contributed by atoms with Crippen molar-refractivity contribution in [3.8, 4) is 0 Å². The lowest BCUT2D eigenvalue weighted by Gasteiger charge is -2.14. The molecule has 2 N–H and O–H groups in total. The minimum atomic E-state index is -4.38. The first-order chi connectivity index (χ1) is 5.04. The van der Waals surface area contributed by atoms with Crippen LogP contribution in [0.3, 0.4) is 0 Å². The van der Waals surface area contributed by atoms with E-state index in [0.29, 0.717) is 0 Å². The van der Waals surface area contributed by atoms with Crippen molar-refractivity contribution in [1.82, 2.24) is 5.32 Å². The number of hydrogen-bond donors (Lipinski definition) is 2. The zero-order valence-corrected chi connectivity index (χ0v) is 5.56. The van der Waals surface area contributed by atoms with Gasteiger partial charge in [-0.15, -0.1) is 0 Å². The molecule has 1 rings (SSSR count). The molecule has 11 heavy (non-hydrogen) atoms. The number of aliphatic hydroxyl groups is 1. The second-order valence-electron chi connectivity index (χ2n) is 2.27. The molecular weight excluding hydrogens is 163 g/mol. The smallest absolute Gasteiger partial charge is 0.394 e. The first-order valence-corrected chi connectivity index (χ1v) is 3.10. The van der Waals surface area contributed by atoms with Gasteiger partial charge in [-0.1, -0.05) is 0 Å². The van der Waals surface area contributed by atoms with E-state index in [1.54, 1.807) is 0 Å². The summed E-state index contributed by atoms with van der Waals surface area (Å²) in [5, 5.41) is 10.5. The lowest BCUT2D eigenvalue weighted by molar-refractivity contribution is -0.222. The summed E-state index contributed by atoms with van der Waals surface area (Å²) in [7, 11) is 0. The molecule has 1 saturated heterocycles. The second kappa shape index (κ2) is 2.96. The normalized spacial score (nSPS) is 32.7. The van der Waals surface area contributed by atoms with Crippen LogP contribution in [0.5, 0.6) is 0 Å². The minimum Gasteiger partial charge on any atom is -0.394 e. The monoisotopic (exact) mass is 171 g/mol. The van der Waals surface area contributed by atoms with Crippen LogP contribution in [0, 0.1) is 0 Å². The fourth-order valence-corrected chi connectivity index (χ4v) is 0.828.